The van der Waals surface area contributed by atoms with Crippen molar-refractivity contribution in [2.75, 3.05) is 18.0 Å². The molecule has 2 aliphatic heterocycles. The van der Waals surface area contributed by atoms with E-state index in [1.165, 1.54) is 0 Å². The number of nitrogens with one attached hydrogen (secondary N) is 1. The molecule has 0 aromatic heterocycles. The second-order valence-electron chi connectivity index (χ2n) is 5.64. The normalized spacial score (nSPS) is 23.9. The van der Waals surface area contributed by atoms with Crippen molar-refractivity contribution in [3.8, 4) is 0 Å². The Morgan fingerprint density at radius 3 is 2.48 bits per heavy atom. The number of nitrogens with zero attached hydrogens (tertiary/aromatic N) is 1. The summed E-state index contributed by atoms with van der Waals surface area (Å²) in [6, 6.07) is 2.47. The van der Waals surface area contributed by atoms with E-state index in [0.29, 0.717) is 6.07 Å². The zero-order valence-electron chi connectivity index (χ0n) is 11.6. The summed E-state index contributed by atoms with van der Waals surface area (Å²) in [4.78, 5) is 26.6. The van der Waals surface area contributed by atoms with Crippen LogP contribution in [0.15, 0.2) is 18.2 Å². The fourth-order valence-corrected chi connectivity index (χ4v) is 3.22. The first kappa shape index (κ1) is 14.1. The molecule has 2 heterocycles. The number of rotatable bonds is 2. The first-order chi connectivity index (χ1) is 10.1. The summed E-state index contributed by atoms with van der Waals surface area (Å²) in [5.74, 6) is -2.39. The van der Waals surface area contributed by atoms with Gasteiger partial charge in [0, 0.05) is 6.07 Å². The Bertz CT molecular complexity index is 585. The maximum absolute atomic E-state index is 13.8. The SMILES string of the molecule is O=C1C[C@H]([NH+]2CCCCC2)C(=O)N1c1ccc(F)cc1F. The van der Waals surface area contributed by atoms with Gasteiger partial charge in [-0.15, -0.1) is 0 Å². The molecule has 2 aliphatic rings. The molecule has 0 unspecified atom stereocenters. The molecule has 6 heteroatoms. The number of likely N-dealkylation sites (tertiary alicyclic amines) is 1. The number of carbonyl (C=O) groups excluding carboxylic acids is 2. The molecule has 2 fully saturated rings. The van der Waals surface area contributed by atoms with Crippen LogP contribution in [-0.2, 0) is 9.59 Å². The minimum Gasteiger partial charge on any atom is -0.324 e. The van der Waals surface area contributed by atoms with E-state index < -0.39 is 23.6 Å². The van der Waals surface area contributed by atoms with E-state index in [1.807, 2.05) is 0 Å². The number of piperidine rings is 1. The average molecular weight is 295 g/mol. The van der Waals surface area contributed by atoms with Crippen LogP contribution < -0.4 is 9.80 Å². The third-order valence-corrected chi connectivity index (χ3v) is 4.29. The molecule has 0 spiro atoms. The van der Waals surface area contributed by atoms with Crippen molar-refractivity contribution < 1.29 is 23.3 Å². The van der Waals surface area contributed by atoms with E-state index in [0.717, 1.165) is 54.3 Å². The van der Waals surface area contributed by atoms with E-state index in [2.05, 4.69) is 0 Å². The van der Waals surface area contributed by atoms with Crippen molar-refractivity contribution in [1.29, 1.82) is 0 Å². The van der Waals surface area contributed by atoms with Crippen LogP contribution in [0, 0.1) is 11.6 Å². The number of imide groups is 1. The number of benzene rings is 1. The lowest BCUT2D eigenvalue weighted by Crippen LogP contribution is -3.17. The molecule has 21 heavy (non-hydrogen) atoms. The van der Waals surface area contributed by atoms with Crippen LogP contribution in [0.2, 0.25) is 0 Å². The van der Waals surface area contributed by atoms with E-state index in [1.54, 1.807) is 0 Å². The van der Waals surface area contributed by atoms with Crippen molar-refractivity contribution >= 4 is 17.5 Å². The van der Waals surface area contributed by atoms with Gasteiger partial charge >= 0.3 is 0 Å². The molecule has 1 N–H and O–H groups in total. The summed E-state index contributed by atoms with van der Waals surface area (Å²) in [5.41, 5.74) is -0.148. The second-order valence-corrected chi connectivity index (χ2v) is 5.64. The van der Waals surface area contributed by atoms with Gasteiger partial charge in [-0.3, -0.25) is 9.59 Å². The molecular weight excluding hydrogens is 278 g/mol. The van der Waals surface area contributed by atoms with Crippen molar-refractivity contribution in [2.45, 2.75) is 31.7 Å². The Hall–Kier alpha value is -1.82. The Morgan fingerprint density at radius 1 is 1.10 bits per heavy atom. The minimum atomic E-state index is -0.883. The van der Waals surface area contributed by atoms with Crippen LogP contribution >= 0.6 is 0 Å². The number of hydrogen-bond acceptors (Lipinski definition) is 2. The monoisotopic (exact) mass is 295 g/mol. The summed E-state index contributed by atoms with van der Waals surface area (Å²) in [5, 5.41) is 0. The Balaban J connectivity index is 1.86. The lowest BCUT2D eigenvalue weighted by Gasteiger charge is -2.27. The van der Waals surface area contributed by atoms with Crippen molar-refractivity contribution in [3.63, 3.8) is 0 Å². The Morgan fingerprint density at radius 2 is 1.81 bits per heavy atom. The molecule has 2 saturated heterocycles. The first-order valence-corrected chi connectivity index (χ1v) is 7.24. The number of quaternary nitrogens is 1. The fraction of sp³-hybridized carbons (Fsp3) is 0.467. The molecule has 0 aliphatic carbocycles. The van der Waals surface area contributed by atoms with E-state index in [9.17, 15) is 18.4 Å². The molecule has 3 rings (SSSR count). The highest BCUT2D eigenvalue weighted by Crippen LogP contribution is 2.25. The molecule has 1 aromatic rings. The van der Waals surface area contributed by atoms with Gasteiger partial charge in [-0.1, -0.05) is 0 Å². The summed E-state index contributed by atoms with van der Waals surface area (Å²) in [6.45, 7) is 1.73. The molecule has 0 bridgehead atoms. The van der Waals surface area contributed by atoms with E-state index >= 15 is 0 Å². The van der Waals surface area contributed by atoms with Gasteiger partial charge in [0.2, 0.25) is 5.91 Å². The van der Waals surface area contributed by atoms with Gasteiger partial charge in [-0.2, -0.15) is 0 Å². The molecule has 1 aromatic carbocycles. The number of anilines is 1. The van der Waals surface area contributed by atoms with Gasteiger partial charge < -0.3 is 4.90 Å². The van der Waals surface area contributed by atoms with Crippen LogP contribution in [0.4, 0.5) is 14.5 Å². The highest BCUT2D eigenvalue weighted by molar-refractivity contribution is 6.21. The van der Waals surface area contributed by atoms with Crippen LogP contribution in [0.5, 0.6) is 0 Å². The molecule has 0 saturated carbocycles. The van der Waals surface area contributed by atoms with Crippen molar-refractivity contribution in [2.24, 2.45) is 0 Å². The topological polar surface area (TPSA) is 41.8 Å². The van der Waals surface area contributed by atoms with Crippen LogP contribution in [-0.4, -0.2) is 30.9 Å². The first-order valence-electron chi connectivity index (χ1n) is 7.24. The standard InChI is InChI=1S/C15H16F2N2O2/c16-10-4-5-12(11(17)8-10)19-14(20)9-13(15(19)21)18-6-2-1-3-7-18/h4-5,8,13H,1-3,6-7,9H2/p+1/t13-/m0/s1. The third kappa shape index (κ3) is 2.55. The van der Waals surface area contributed by atoms with Gasteiger partial charge in [0.1, 0.15) is 11.6 Å². The number of hydrogen-bond donors (Lipinski definition) is 1. The van der Waals surface area contributed by atoms with Gasteiger partial charge in [-0.25, -0.2) is 13.7 Å². The zero-order chi connectivity index (χ0) is 15.0. The summed E-state index contributed by atoms with van der Waals surface area (Å²) >= 11 is 0. The van der Waals surface area contributed by atoms with Gasteiger partial charge in [0.15, 0.2) is 6.04 Å². The third-order valence-electron chi connectivity index (χ3n) is 4.29. The van der Waals surface area contributed by atoms with Gasteiger partial charge in [0.05, 0.1) is 25.2 Å². The van der Waals surface area contributed by atoms with Gasteiger partial charge in [0.25, 0.3) is 5.91 Å². The summed E-state index contributed by atoms with van der Waals surface area (Å²) in [7, 11) is 0. The minimum absolute atomic E-state index is 0.102. The summed E-state index contributed by atoms with van der Waals surface area (Å²) in [6.07, 6.45) is 3.33. The molecule has 1 atom stereocenters. The number of halogens is 2. The predicted octanol–water partition coefficient (Wildman–Crippen LogP) is 0.665. The quantitative estimate of drug-likeness (QED) is 0.815. The van der Waals surface area contributed by atoms with E-state index in [4.69, 9.17) is 0 Å². The van der Waals surface area contributed by atoms with Crippen molar-refractivity contribution in [1.82, 2.24) is 0 Å². The largest absolute Gasteiger partial charge is 0.324 e. The van der Waals surface area contributed by atoms with Crippen LogP contribution in [0.1, 0.15) is 25.7 Å². The lowest BCUT2D eigenvalue weighted by atomic mass is 10.1. The lowest BCUT2D eigenvalue weighted by molar-refractivity contribution is -0.919. The van der Waals surface area contributed by atoms with Crippen LogP contribution in [0.3, 0.4) is 0 Å². The zero-order valence-corrected chi connectivity index (χ0v) is 11.6. The molecule has 2 amide bonds. The number of amides is 2. The fourth-order valence-electron chi connectivity index (χ4n) is 3.22. The summed E-state index contributed by atoms with van der Waals surface area (Å²) < 4.78 is 26.8. The number of carbonyl (C=O) groups is 2. The Kier molecular flexibility index (Phi) is 3.71. The van der Waals surface area contributed by atoms with E-state index in [-0.39, 0.29) is 18.0 Å². The smallest absolute Gasteiger partial charge is 0.292 e. The molecule has 112 valence electrons. The average Bonchev–Trinajstić information content (AvgIpc) is 2.76. The second kappa shape index (κ2) is 5.52. The maximum atomic E-state index is 13.8. The molecule has 4 nitrogen and oxygen atoms in total. The van der Waals surface area contributed by atoms with Crippen LogP contribution in [0.25, 0.3) is 0 Å². The highest BCUT2D eigenvalue weighted by atomic mass is 19.1. The molecular formula is C15H17F2N2O2+. The molecule has 0 radical (unpaired) electrons. The predicted molar refractivity (Wildman–Crippen MR) is 71.8 cm³/mol. The van der Waals surface area contributed by atoms with Gasteiger partial charge in [-0.05, 0) is 31.4 Å². The Labute approximate surface area is 121 Å². The highest BCUT2D eigenvalue weighted by Gasteiger charge is 2.46. The van der Waals surface area contributed by atoms with Crippen molar-refractivity contribution in [3.05, 3.63) is 29.8 Å². The maximum Gasteiger partial charge on any atom is 0.292 e.